The summed E-state index contributed by atoms with van der Waals surface area (Å²) in [5, 5.41) is 11.6. The van der Waals surface area contributed by atoms with Crippen molar-refractivity contribution in [3.05, 3.63) is 20.8 Å². The fourth-order valence-corrected chi connectivity index (χ4v) is 2.35. The highest BCUT2D eigenvalue weighted by Gasteiger charge is 2.18. The SMILES string of the molecule is CCn1c(NCCC(=O)O)nc2c1c(=O)[nH]c(=O)n2C(C)C. The van der Waals surface area contributed by atoms with E-state index in [1.54, 1.807) is 4.57 Å². The van der Waals surface area contributed by atoms with Crippen molar-refractivity contribution in [1.82, 2.24) is 19.1 Å². The lowest BCUT2D eigenvalue weighted by atomic mass is 10.3. The van der Waals surface area contributed by atoms with E-state index in [4.69, 9.17) is 5.11 Å². The van der Waals surface area contributed by atoms with Crippen molar-refractivity contribution in [2.24, 2.45) is 0 Å². The zero-order valence-corrected chi connectivity index (χ0v) is 12.7. The number of hydrogen-bond donors (Lipinski definition) is 3. The van der Waals surface area contributed by atoms with Gasteiger partial charge in [-0.05, 0) is 20.8 Å². The largest absolute Gasteiger partial charge is 0.481 e. The Morgan fingerprint density at radius 1 is 1.41 bits per heavy atom. The number of aromatic nitrogens is 4. The molecule has 0 bridgehead atoms. The van der Waals surface area contributed by atoms with Gasteiger partial charge in [0.15, 0.2) is 11.2 Å². The minimum Gasteiger partial charge on any atom is -0.481 e. The molecule has 2 aromatic rings. The van der Waals surface area contributed by atoms with Crippen molar-refractivity contribution in [2.45, 2.75) is 39.8 Å². The first kappa shape index (κ1) is 15.8. The highest BCUT2D eigenvalue weighted by Crippen LogP contribution is 2.17. The number of aliphatic carboxylic acids is 1. The first-order valence-electron chi connectivity index (χ1n) is 7.07. The lowest BCUT2D eigenvalue weighted by Gasteiger charge is -2.09. The third-order valence-electron chi connectivity index (χ3n) is 3.29. The summed E-state index contributed by atoms with van der Waals surface area (Å²) in [7, 11) is 0. The van der Waals surface area contributed by atoms with Crippen LogP contribution in [0.2, 0.25) is 0 Å². The molecule has 2 heterocycles. The van der Waals surface area contributed by atoms with Gasteiger partial charge in [-0.3, -0.25) is 19.1 Å². The lowest BCUT2D eigenvalue weighted by Crippen LogP contribution is -2.32. The van der Waals surface area contributed by atoms with E-state index in [1.165, 1.54) is 4.57 Å². The second-order valence-electron chi connectivity index (χ2n) is 5.15. The molecule has 0 saturated carbocycles. The van der Waals surface area contributed by atoms with Crippen LogP contribution in [0, 0.1) is 0 Å². The molecule has 0 radical (unpaired) electrons. The minimum atomic E-state index is -0.927. The number of rotatable bonds is 6. The number of anilines is 1. The number of carboxylic acid groups (broad SMARTS) is 1. The molecular weight excluding hydrogens is 290 g/mol. The van der Waals surface area contributed by atoms with Crippen molar-refractivity contribution in [1.29, 1.82) is 0 Å². The zero-order chi connectivity index (χ0) is 16.4. The number of nitrogens with zero attached hydrogens (tertiary/aromatic N) is 3. The van der Waals surface area contributed by atoms with Gasteiger partial charge >= 0.3 is 11.7 Å². The predicted molar refractivity (Wildman–Crippen MR) is 81.4 cm³/mol. The van der Waals surface area contributed by atoms with E-state index < -0.39 is 17.2 Å². The zero-order valence-electron chi connectivity index (χ0n) is 12.7. The van der Waals surface area contributed by atoms with Crippen molar-refractivity contribution in [2.75, 3.05) is 11.9 Å². The number of nitrogens with one attached hydrogen (secondary N) is 2. The Balaban J connectivity index is 2.62. The molecule has 0 saturated heterocycles. The van der Waals surface area contributed by atoms with Crippen molar-refractivity contribution >= 4 is 23.1 Å². The monoisotopic (exact) mass is 309 g/mol. The summed E-state index contributed by atoms with van der Waals surface area (Å²) in [6.07, 6.45) is -0.0692. The van der Waals surface area contributed by atoms with Crippen LogP contribution in [-0.2, 0) is 11.3 Å². The van der Waals surface area contributed by atoms with Gasteiger partial charge in [-0.2, -0.15) is 4.98 Å². The fourth-order valence-electron chi connectivity index (χ4n) is 2.35. The molecule has 0 aliphatic heterocycles. The number of H-pyrrole nitrogens is 1. The van der Waals surface area contributed by atoms with E-state index in [2.05, 4.69) is 15.3 Å². The van der Waals surface area contributed by atoms with Gasteiger partial charge in [0.05, 0.1) is 6.42 Å². The smallest absolute Gasteiger partial charge is 0.330 e. The maximum atomic E-state index is 12.1. The number of carbonyl (C=O) groups is 1. The molecule has 22 heavy (non-hydrogen) atoms. The number of fused-ring (bicyclic) bond motifs is 1. The van der Waals surface area contributed by atoms with Gasteiger partial charge in [0.1, 0.15) is 0 Å². The van der Waals surface area contributed by atoms with Gasteiger partial charge in [-0.15, -0.1) is 0 Å². The van der Waals surface area contributed by atoms with Gasteiger partial charge in [-0.25, -0.2) is 4.79 Å². The standard InChI is InChI=1S/C13H19N5O4/c1-4-17-9-10(15-12(17)14-6-5-8(19)20)18(7(2)3)13(22)16-11(9)21/h7H,4-6H2,1-3H3,(H,14,15)(H,19,20)(H,16,21,22). The molecule has 0 aliphatic rings. The average Bonchev–Trinajstić information content (AvgIpc) is 2.76. The van der Waals surface area contributed by atoms with Gasteiger partial charge in [0.2, 0.25) is 5.95 Å². The Labute approximate surface area is 125 Å². The van der Waals surface area contributed by atoms with E-state index >= 15 is 0 Å². The number of imidazole rings is 1. The van der Waals surface area contributed by atoms with Gasteiger partial charge in [0, 0.05) is 19.1 Å². The molecule has 0 aliphatic carbocycles. The average molecular weight is 309 g/mol. The van der Waals surface area contributed by atoms with Crippen molar-refractivity contribution in [3.63, 3.8) is 0 Å². The van der Waals surface area contributed by atoms with E-state index in [0.29, 0.717) is 23.7 Å². The molecule has 9 nitrogen and oxygen atoms in total. The molecule has 0 unspecified atom stereocenters. The normalized spacial score (nSPS) is 11.3. The highest BCUT2D eigenvalue weighted by molar-refractivity contribution is 5.74. The second kappa shape index (κ2) is 6.04. The third kappa shape index (κ3) is 2.74. The molecule has 0 fully saturated rings. The highest BCUT2D eigenvalue weighted by atomic mass is 16.4. The van der Waals surface area contributed by atoms with Crippen LogP contribution in [0.5, 0.6) is 0 Å². The van der Waals surface area contributed by atoms with Gasteiger partial charge < -0.3 is 15.0 Å². The van der Waals surface area contributed by atoms with Crippen molar-refractivity contribution < 1.29 is 9.90 Å². The minimum absolute atomic E-state index is 0.0692. The molecule has 2 rings (SSSR count). The number of aryl methyl sites for hydroxylation is 1. The molecule has 0 aromatic carbocycles. The first-order valence-corrected chi connectivity index (χ1v) is 7.07. The Bertz CT molecular complexity index is 814. The molecule has 120 valence electrons. The van der Waals surface area contributed by atoms with Crippen LogP contribution in [0.4, 0.5) is 5.95 Å². The first-order chi connectivity index (χ1) is 10.4. The quantitative estimate of drug-likeness (QED) is 0.709. The summed E-state index contributed by atoms with van der Waals surface area (Å²) >= 11 is 0. The summed E-state index contributed by atoms with van der Waals surface area (Å²) in [5.74, 6) is -0.548. The number of hydrogen-bond acceptors (Lipinski definition) is 5. The fraction of sp³-hybridized carbons (Fsp3) is 0.538. The van der Waals surface area contributed by atoms with Gasteiger partial charge in [-0.1, -0.05) is 0 Å². The van der Waals surface area contributed by atoms with E-state index in [1.807, 2.05) is 20.8 Å². The van der Waals surface area contributed by atoms with Crippen LogP contribution in [-0.4, -0.2) is 36.7 Å². The molecule has 0 atom stereocenters. The summed E-state index contributed by atoms with van der Waals surface area (Å²) in [4.78, 5) is 41.3. The van der Waals surface area contributed by atoms with Crippen LogP contribution < -0.4 is 16.6 Å². The molecule has 9 heteroatoms. The molecule has 3 N–H and O–H groups in total. The second-order valence-corrected chi connectivity index (χ2v) is 5.15. The van der Waals surface area contributed by atoms with Crippen LogP contribution in [0.3, 0.4) is 0 Å². The van der Waals surface area contributed by atoms with Crippen molar-refractivity contribution in [3.8, 4) is 0 Å². The topological polar surface area (TPSA) is 122 Å². The molecule has 0 amide bonds. The van der Waals surface area contributed by atoms with Crippen LogP contribution in [0.15, 0.2) is 9.59 Å². The lowest BCUT2D eigenvalue weighted by molar-refractivity contribution is -0.136. The van der Waals surface area contributed by atoms with E-state index in [-0.39, 0.29) is 19.0 Å². The third-order valence-corrected chi connectivity index (χ3v) is 3.29. The Kier molecular flexibility index (Phi) is 4.34. The summed E-state index contributed by atoms with van der Waals surface area (Å²) < 4.78 is 3.04. The van der Waals surface area contributed by atoms with Gasteiger partial charge in [0.25, 0.3) is 5.56 Å². The summed E-state index contributed by atoms with van der Waals surface area (Å²) in [5.41, 5.74) is -0.417. The number of carboxylic acids is 1. The Hall–Kier alpha value is -2.58. The van der Waals surface area contributed by atoms with E-state index in [0.717, 1.165) is 0 Å². The van der Waals surface area contributed by atoms with Crippen LogP contribution in [0.25, 0.3) is 11.2 Å². The molecule has 2 aromatic heterocycles. The maximum Gasteiger partial charge on any atom is 0.330 e. The Morgan fingerprint density at radius 3 is 2.64 bits per heavy atom. The summed E-state index contributed by atoms with van der Waals surface area (Å²) in [6, 6.07) is -0.168. The van der Waals surface area contributed by atoms with Crippen LogP contribution >= 0.6 is 0 Å². The van der Waals surface area contributed by atoms with E-state index in [9.17, 15) is 14.4 Å². The summed E-state index contributed by atoms with van der Waals surface area (Å²) in [6.45, 7) is 6.13. The molecule has 0 spiro atoms. The maximum absolute atomic E-state index is 12.1. The number of aromatic amines is 1. The Morgan fingerprint density at radius 2 is 2.09 bits per heavy atom. The molecular formula is C13H19N5O4. The predicted octanol–water partition coefficient (Wildman–Crippen LogP) is 0.374. The van der Waals surface area contributed by atoms with Crippen LogP contribution in [0.1, 0.15) is 33.2 Å².